The van der Waals surface area contributed by atoms with Crippen LogP contribution in [0.25, 0.3) is 0 Å². The van der Waals surface area contributed by atoms with E-state index in [0.717, 1.165) is 17.8 Å². The van der Waals surface area contributed by atoms with Crippen LogP contribution in [0.5, 0.6) is 0 Å². The average Bonchev–Trinajstić information content (AvgIpc) is 2.74. The standard InChI is InChI=1S/C15H18BrClFN3/c1-4-11-14(17)13(21(3)20-11)8-12(19-2)9-6-5-7-10(16)15(9)18/h5-7,12,19H,4,8H2,1-3H3. The molecule has 0 aliphatic carbocycles. The Hall–Kier alpha value is -0.910. The molecule has 1 atom stereocenters. The molecule has 114 valence electrons. The van der Waals surface area contributed by atoms with Crippen LogP contribution >= 0.6 is 27.5 Å². The normalized spacial score (nSPS) is 12.7. The minimum atomic E-state index is -0.245. The van der Waals surface area contributed by atoms with Crippen molar-refractivity contribution >= 4 is 27.5 Å². The van der Waals surface area contributed by atoms with Crippen LogP contribution in [0.3, 0.4) is 0 Å². The zero-order chi connectivity index (χ0) is 15.6. The Labute approximate surface area is 137 Å². The van der Waals surface area contributed by atoms with Crippen molar-refractivity contribution in [1.29, 1.82) is 0 Å². The van der Waals surface area contributed by atoms with Gasteiger partial charge in [-0.1, -0.05) is 30.7 Å². The summed E-state index contributed by atoms with van der Waals surface area (Å²) < 4.78 is 16.5. The lowest BCUT2D eigenvalue weighted by atomic mass is 10.0. The molecule has 0 fully saturated rings. The third-order valence-corrected chi connectivity index (χ3v) is 4.65. The first kappa shape index (κ1) is 16.5. The van der Waals surface area contributed by atoms with Crippen LogP contribution in [-0.2, 0) is 19.9 Å². The summed E-state index contributed by atoms with van der Waals surface area (Å²) >= 11 is 9.60. The summed E-state index contributed by atoms with van der Waals surface area (Å²) in [5.41, 5.74) is 2.40. The molecule has 0 aliphatic heterocycles. The number of rotatable bonds is 5. The fraction of sp³-hybridized carbons (Fsp3) is 0.400. The van der Waals surface area contributed by atoms with E-state index in [1.165, 1.54) is 0 Å². The van der Waals surface area contributed by atoms with E-state index < -0.39 is 0 Å². The number of nitrogens with one attached hydrogen (secondary N) is 1. The molecule has 1 unspecified atom stereocenters. The summed E-state index contributed by atoms with van der Waals surface area (Å²) in [5.74, 6) is -0.245. The van der Waals surface area contributed by atoms with Gasteiger partial charge in [0.05, 0.1) is 20.9 Å². The van der Waals surface area contributed by atoms with Crippen LogP contribution in [-0.4, -0.2) is 16.8 Å². The highest BCUT2D eigenvalue weighted by Gasteiger charge is 2.21. The molecule has 2 aromatic rings. The number of likely N-dealkylation sites (N-methyl/N-ethyl adjacent to an activating group) is 1. The average molecular weight is 375 g/mol. The lowest BCUT2D eigenvalue weighted by Gasteiger charge is -2.18. The molecule has 3 nitrogen and oxygen atoms in total. The number of hydrogen-bond acceptors (Lipinski definition) is 2. The summed E-state index contributed by atoms with van der Waals surface area (Å²) in [6.07, 6.45) is 1.36. The highest BCUT2D eigenvalue weighted by molar-refractivity contribution is 9.10. The monoisotopic (exact) mass is 373 g/mol. The lowest BCUT2D eigenvalue weighted by molar-refractivity contribution is 0.517. The Balaban J connectivity index is 2.36. The van der Waals surface area contributed by atoms with E-state index >= 15 is 0 Å². The Bertz CT molecular complexity index is 642. The van der Waals surface area contributed by atoms with Gasteiger partial charge in [-0.3, -0.25) is 4.68 Å². The molecular formula is C15H18BrClFN3. The van der Waals surface area contributed by atoms with Gasteiger partial charge >= 0.3 is 0 Å². The van der Waals surface area contributed by atoms with Crippen molar-refractivity contribution in [3.05, 3.63) is 50.5 Å². The second-order valence-corrected chi connectivity index (χ2v) is 6.11. The first-order chi connectivity index (χ1) is 9.99. The minimum Gasteiger partial charge on any atom is -0.313 e. The summed E-state index contributed by atoms with van der Waals surface area (Å²) in [6, 6.07) is 5.14. The van der Waals surface area contributed by atoms with Gasteiger partial charge in [0.1, 0.15) is 5.82 Å². The minimum absolute atomic E-state index is 0.167. The molecule has 0 bridgehead atoms. The first-order valence-electron chi connectivity index (χ1n) is 6.81. The van der Waals surface area contributed by atoms with Gasteiger partial charge in [0.25, 0.3) is 0 Å². The molecule has 1 aromatic carbocycles. The molecular weight excluding hydrogens is 357 g/mol. The SMILES string of the molecule is CCc1nn(C)c(CC(NC)c2cccc(Br)c2F)c1Cl. The second kappa shape index (κ2) is 6.90. The maximum atomic E-state index is 14.3. The van der Waals surface area contributed by atoms with Gasteiger partial charge in [0.2, 0.25) is 0 Å². The number of benzene rings is 1. The van der Waals surface area contributed by atoms with Gasteiger partial charge in [-0.25, -0.2) is 4.39 Å². The highest BCUT2D eigenvalue weighted by atomic mass is 79.9. The molecule has 1 aromatic heterocycles. The van der Waals surface area contributed by atoms with Crippen molar-refractivity contribution < 1.29 is 4.39 Å². The van der Waals surface area contributed by atoms with Gasteiger partial charge in [0.15, 0.2) is 0 Å². The number of nitrogens with zero attached hydrogens (tertiary/aromatic N) is 2. The smallest absolute Gasteiger partial charge is 0.142 e. The molecule has 0 aliphatic rings. The van der Waals surface area contributed by atoms with Gasteiger partial charge in [0, 0.05) is 25.1 Å². The Morgan fingerprint density at radius 2 is 2.19 bits per heavy atom. The van der Waals surface area contributed by atoms with Crippen molar-refractivity contribution in [3.8, 4) is 0 Å². The first-order valence-corrected chi connectivity index (χ1v) is 7.98. The zero-order valence-corrected chi connectivity index (χ0v) is 14.6. The van der Waals surface area contributed by atoms with Crippen LogP contribution in [0.2, 0.25) is 5.02 Å². The van der Waals surface area contributed by atoms with Crippen LogP contribution in [0.4, 0.5) is 4.39 Å². The fourth-order valence-corrected chi connectivity index (χ4v) is 3.14. The largest absolute Gasteiger partial charge is 0.313 e. The van der Waals surface area contributed by atoms with Gasteiger partial charge in [-0.2, -0.15) is 5.10 Å². The maximum Gasteiger partial charge on any atom is 0.142 e. The van der Waals surface area contributed by atoms with E-state index in [4.69, 9.17) is 11.6 Å². The van der Waals surface area contributed by atoms with Crippen LogP contribution < -0.4 is 5.32 Å². The molecule has 1 heterocycles. The number of aromatic nitrogens is 2. The van der Waals surface area contributed by atoms with Gasteiger partial charge in [-0.05, 0) is 35.5 Å². The molecule has 0 radical (unpaired) electrons. The third kappa shape index (κ3) is 3.30. The molecule has 0 saturated heterocycles. The van der Waals surface area contributed by atoms with Crippen molar-refractivity contribution in [2.24, 2.45) is 7.05 Å². The summed E-state index contributed by atoms with van der Waals surface area (Å²) in [6.45, 7) is 2.02. The van der Waals surface area contributed by atoms with Crippen molar-refractivity contribution in [1.82, 2.24) is 15.1 Å². The molecule has 0 saturated carbocycles. The fourth-order valence-electron chi connectivity index (χ4n) is 2.39. The molecule has 0 spiro atoms. The molecule has 21 heavy (non-hydrogen) atoms. The van der Waals surface area contributed by atoms with Gasteiger partial charge < -0.3 is 5.32 Å². The van der Waals surface area contributed by atoms with Crippen LogP contribution in [0.1, 0.15) is 29.9 Å². The maximum absolute atomic E-state index is 14.3. The summed E-state index contributed by atoms with van der Waals surface area (Å²) in [4.78, 5) is 0. The molecule has 0 amide bonds. The van der Waals surface area contributed by atoms with E-state index in [-0.39, 0.29) is 11.9 Å². The Morgan fingerprint density at radius 3 is 2.76 bits per heavy atom. The highest BCUT2D eigenvalue weighted by Crippen LogP contribution is 2.29. The molecule has 1 N–H and O–H groups in total. The quantitative estimate of drug-likeness (QED) is 0.856. The summed E-state index contributed by atoms with van der Waals surface area (Å²) in [7, 11) is 3.68. The number of halogens is 3. The van der Waals surface area contributed by atoms with Crippen LogP contribution in [0, 0.1) is 5.82 Å². The van der Waals surface area contributed by atoms with E-state index in [0.29, 0.717) is 21.5 Å². The van der Waals surface area contributed by atoms with Crippen molar-refractivity contribution in [2.45, 2.75) is 25.8 Å². The van der Waals surface area contributed by atoms with E-state index in [9.17, 15) is 4.39 Å². The van der Waals surface area contributed by atoms with Crippen LogP contribution in [0.15, 0.2) is 22.7 Å². The van der Waals surface area contributed by atoms with Crippen molar-refractivity contribution in [2.75, 3.05) is 7.05 Å². The van der Waals surface area contributed by atoms with Crippen molar-refractivity contribution in [3.63, 3.8) is 0 Å². The second-order valence-electron chi connectivity index (χ2n) is 4.87. The predicted molar refractivity (Wildman–Crippen MR) is 87.2 cm³/mol. The third-order valence-electron chi connectivity index (χ3n) is 3.61. The molecule has 6 heteroatoms. The number of aryl methyl sites for hydroxylation is 2. The zero-order valence-electron chi connectivity index (χ0n) is 12.3. The molecule has 2 rings (SSSR count). The summed E-state index contributed by atoms with van der Waals surface area (Å²) in [5, 5.41) is 8.24. The Kier molecular flexibility index (Phi) is 5.41. The van der Waals surface area contributed by atoms with E-state index in [1.807, 2.05) is 27.1 Å². The van der Waals surface area contributed by atoms with E-state index in [1.54, 1.807) is 16.8 Å². The topological polar surface area (TPSA) is 29.9 Å². The van der Waals surface area contributed by atoms with E-state index in [2.05, 4.69) is 26.3 Å². The lowest BCUT2D eigenvalue weighted by Crippen LogP contribution is -2.21. The number of hydrogen-bond donors (Lipinski definition) is 1. The predicted octanol–water partition coefficient (Wildman–Crippen LogP) is 4.04. The Morgan fingerprint density at radius 1 is 1.48 bits per heavy atom. The van der Waals surface area contributed by atoms with Gasteiger partial charge in [-0.15, -0.1) is 0 Å².